The molecule has 2 N–H and O–H groups in total. The number of nitrogens with one attached hydrogen (secondary N) is 2. The molecule has 2 aliphatic rings. The fourth-order valence-electron chi connectivity index (χ4n) is 6.13. The van der Waals surface area contributed by atoms with E-state index in [4.69, 9.17) is 19.2 Å². The van der Waals surface area contributed by atoms with Gasteiger partial charge in [0, 0.05) is 33.2 Å². The number of amides is 1. The van der Waals surface area contributed by atoms with E-state index in [0.29, 0.717) is 74.8 Å². The molecule has 3 aromatic rings. The highest BCUT2D eigenvalue weighted by molar-refractivity contribution is 7.89. The van der Waals surface area contributed by atoms with Crippen molar-refractivity contribution in [2.24, 2.45) is 11.3 Å². The van der Waals surface area contributed by atoms with Crippen LogP contribution in [0.25, 0.3) is 10.2 Å². The van der Waals surface area contributed by atoms with E-state index >= 15 is 0 Å². The summed E-state index contributed by atoms with van der Waals surface area (Å²) in [6.07, 6.45) is 2.67. The Hall–Kier alpha value is -2.68. The number of fused-ring (bicyclic) bond motifs is 2. The Kier molecular flexibility index (Phi) is 11.7. The van der Waals surface area contributed by atoms with Gasteiger partial charge < -0.3 is 24.4 Å². The molecule has 13 heteroatoms. The van der Waals surface area contributed by atoms with Crippen molar-refractivity contribution in [1.29, 1.82) is 0 Å². The predicted molar refractivity (Wildman–Crippen MR) is 177 cm³/mol. The third-order valence-corrected chi connectivity index (χ3v) is 11.1. The number of rotatable bonds is 15. The lowest BCUT2D eigenvalue weighted by Gasteiger charge is -2.35. The fourth-order valence-corrected chi connectivity index (χ4v) is 8.60. The van der Waals surface area contributed by atoms with Crippen molar-refractivity contribution in [3.05, 3.63) is 52.5 Å². The number of likely N-dealkylation sites (tertiary alicyclic amines) is 1. The normalized spacial score (nSPS) is 17.5. The summed E-state index contributed by atoms with van der Waals surface area (Å²) in [5.41, 5.74) is 2.84. The van der Waals surface area contributed by atoms with E-state index in [1.165, 1.54) is 11.3 Å². The zero-order valence-electron chi connectivity index (χ0n) is 26.8. The number of piperidine rings is 1. The smallest absolute Gasteiger partial charge is 0.243 e. The molecule has 1 saturated heterocycles. The summed E-state index contributed by atoms with van der Waals surface area (Å²) in [5, 5.41) is 4.03. The molecule has 2 aromatic carbocycles. The number of halogens is 1. The number of ether oxygens (including phenoxy) is 3. The van der Waals surface area contributed by atoms with Gasteiger partial charge in [0.1, 0.15) is 17.7 Å². The van der Waals surface area contributed by atoms with Gasteiger partial charge in [0.15, 0.2) is 0 Å². The molecule has 0 aliphatic carbocycles. The maximum absolute atomic E-state index is 14.3. The number of carbonyl (C=O) groups is 1. The van der Waals surface area contributed by atoms with Crippen LogP contribution in [0, 0.1) is 11.3 Å². The molecule has 0 spiro atoms. The van der Waals surface area contributed by atoms with Crippen LogP contribution in [0.4, 0.5) is 10.1 Å². The average molecular weight is 677 g/mol. The molecule has 0 saturated carbocycles. The standard InChI is InChI=1S/C33H45FN4O6S2/c1-33(2)19-25-16-24(20-44-22-43-15-14-42-3)17-29(31(25)35-21-33)46(40,41)37-27(18-30-36-26-6-4-5-7-28(26)45-30)32(39)38-12-9-23(8-11-34)10-13-38/h4-7,16-17,23,27,35,37H,8-15,18-22H2,1-3H3/t27-/m0/s1. The van der Waals surface area contributed by atoms with E-state index in [-0.39, 0.29) is 48.6 Å². The van der Waals surface area contributed by atoms with E-state index in [9.17, 15) is 17.6 Å². The molecule has 5 rings (SSSR count). The molecule has 3 heterocycles. The molecule has 1 amide bonds. The second-order valence-electron chi connectivity index (χ2n) is 12.9. The zero-order valence-corrected chi connectivity index (χ0v) is 28.5. The van der Waals surface area contributed by atoms with Crippen LogP contribution in [0.3, 0.4) is 0 Å². The minimum Gasteiger partial charge on any atom is -0.383 e. The number of methoxy groups -OCH3 is 1. The topological polar surface area (TPSA) is 119 Å². The minimum atomic E-state index is -4.19. The molecule has 0 unspecified atom stereocenters. The summed E-state index contributed by atoms with van der Waals surface area (Å²) in [6, 6.07) is 10.2. The Bertz CT molecular complexity index is 1560. The van der Waals surface area contributed by atoms with Crippen molar-refractivity contribution in [3.63, 3.8) is 0 Å². The SMILES string of the molecule is COCCOCOCc1cc2c(c(S(=O)(=O)N[C@@H](Cc3nc4ccccc4s3)C(=O)N3CCC(CCF)CC3)c1)NCC(C)(C)C2. The lowest BCUT2D eigenvalue weighted by molar-refractivity contribution is -0.134. The first-order valence-corrected chi connectivity index (χ1v) is 18.1. The van der Waals surface area contributed by atoms with Gasteiger partial charge in [-0.3, -0.25) is 9.18 Å². The summed E-state index contributed by atoms with van der Waals surface area (Å²) in [4.78, 5) is 20.5. The lowest BCUT2D eigenvalue weighted by Crippen LogP contribution is -2.51. The number of hydrogen-bond acceptors (Lipinski definition) is 9. The fraction of sp³-hybridized carbons (Fsp3) is 0.576. The van der Waals surface area contributed by atoms with Crippen LogP contribution in [0.5, 0.6) is 0 Å². The van der Waals surface area contributed by atoms with E-state index < -0.39 is 16.1 Å². The number of carbonyl (C=O) groups excluding carboxylic acids is 1. The molecule has 0 radical (unpaired) electrons. The zero-order chi connectivity index (χ0) is 32.7. The monoisotopic (exact) mass is 676 g/mol. The van der Waals surface area contributed by atoms with Crippen molar-refractivity contribution in [2.75, 3.05) is 58.7 Å². The van der Waals surface area contributed by atoms with Crippen molar-refractivity contribution in [3.8, 4) is 0 Å². The highest BCUT2D eigenvalue weighted by atomic mass is 32.2. The van der Waals surface area contributed by atoms with E-state index in [0.717, 1.165) is 15.8 Å². The van der Waals surface area contributed by atoms with Crippen molar-refractivity contribution < 1.29 is 31.8 Å². The van der Waals surface area contributed by atoms with Gasteiger partial charge in [0.05, 0.1) is 47.4 Å². The number of thiazole rings is 1. The molecule has 0 bridgehead atoms. The van der Waals surface area contributed by atoms with Gasteiger partial charge >= 0.3 is 0 Å². The average Bonchev–Trinajstić information content (AvgIpc) is 3.44. The Morgan fingerprint density at radius 2 is 1.98 bits per heavy atom. The molecular formula is C33H45FN4O6S2. The molecule has 2 aliphatic heterocycles. The molecular weight excluding hydrogens is 632 g/mol. The Labute approximate surface area is 275 Å². The second-order valence-corrected chi connectivity index (χ2v) is 15.7. The van der Waals surface area contributed by atoms with E-state index in [1.54, 1.807) is 18.1 Å². The summed E-state index contributed by atoms with van der Waals surface area (Å²) in [7, 11) is -2.60. The number of aromatic nitrogens is 1. The van der Waals surface area contributed by atoms with E-state index in [1.807, 2.05) is 30.3 Å². The number of hydrogen-bond donors (Lipinski definition) is 2. The third kappa shape index (κ3) is 8.81. The van der Waals surface area contributed by atoms with Gasteiger partial charge in [0.2, 0.25) is 15.9 Å². The van der Waals surface area contributed by atoms with Gasteiger partial charge in [-0.25, -0.2) is 13.4 Å². The first-order valence-electron chi connectivity index (χ1n) is 15.8. The van der Waals surface area contributed by atoms with Crippen LogP contribution in [-0.2, 0) is 48.5 Å². The molecule has 1 fully saturated rings. The number of nitrogens with zero attached hydrogens (tertiary/aromatic N) is 2. The molecule has 1 aromatic heterocycles. The Morgan fingerprint density at radius 1 is 1.20 bits per heavy atom. The van der Waals surface area contributed by atoms with Gasteiger partial charge in [0.25, 0.3) is 0 Å². The Morgan fingerprint density at radius 3 is 2.72 bits per heavy atom. The van der Waals surface area contributed by atoms with Gasteiger partial charge in [-0.2, -0.15) is 4.72 Å². The van der Waals surface area contributed by atoms with Crippen LogP contribution in [0.2, 0.25) is 0 Å². The Balaban J connectivity index is 1.42. The van der Waals surface area contributed by atoms with Crippen LogP contribution in [0.15, 0.2) is 41.3 Å². The summed E-state index contributed by atoms with van der Waals surface area (Å²) in [6.45, 7) is 6.46. The molecule has 1 atom stereocenters. The maximum atomic E-state index is 14.3. The highest BCUT2D eigenvalue weighted by Crippen LogP contribution is 2.38. The number of alkyl halides is 1. The van der Waals surface area contributed by atoms with Crippen molar-refractivity contribution in [2.45, 2.75) is 63.5 Å². The summed E-state index contributed by atoms with van der Waals surface area (Å²) < 4.78 is 61.5. The minimum absolute atomic E-state index is 0.0469. The quantitative estimate of drug-likeness (QED) is 0.172. The number of sulfonamides is 1. The maximum Gasteiger partial charge on any atom is 0.243 e. The number of para-hydroxylation sites is 1. The highest BCUT2D eigenvalue weighted by Gasteiger charge is 2.36. The van der Waals surface area contributed by atoms with Crippen LogP contribution >= 0.6 is 11.3 Å². The van der Waals surface area contributed by atoms with Crippen LogP contribution in [-0.4, -0.2) is 83.7 Å². The summed E-state index contributed by atoms with van der Waals surface area (Å²) >= 11 is 1.45. The van der Waals surface area contributed by atoms with Gasteiger partial charge in [-0.15, -0.1) is 11.3 Å². The molecule has 252 valence electrons. The van der Waals surface area contributed by atoms with Crippen molar-refractivity contribution in [1.82, 2.24) is 14.6 Å². The first-order chi connectivity index (χ1) is 22.1. The first kappa shape index (κ1) is 34.6. The largest absolute Gasteiger partial charge is 0.383 e. The predicted octanol–water partition coefficient (Wildman–Crippen LogP) is 4.92. The van der Waals surface area contributed by atoms with Gasteiger partial charge in [-0.1, -0.05) is 32.0 Å². The van der Waals surface area contributed by atoms with Gasteiger partial charge in [-0.05, 0) is 66.3 Å². The summed E-state index contributed by atoms with van der Waals surface area (Å²) in [5.74, 6) is -0.0668. The number of anilines is 1. The van der Waals surface area contributed by atoms with Crippen molar-refractivity contribution >= 4 is 43.2 Å². The second kappa shape index (κ2) is 15.5. The molecule has 46 heavy (non-hydrogen) atoms. The van der Waals surface area contributed by atoms with E-state index in [2.05, 4.69) is 23.9 Å². The van der Waals surface area contributed by atoms with Crippen LogP contribution in [0.1, 0.15) is 49.2 Å². The number of benzene rings is 2. The van der Waals surface area contributed by atoms with Crippen LogP contribution < -0.4 is 10.0 Å². The lowest BCUT2D eigenvalue weighted by atomic mass is 9.82. The third-order valence-electron chi connectivity index (χ3n) is 8.57. The molecule has 10 nitrogen and oxygen atoms in total.